The summed E-state index contributed by atoms with van der Waals surface area (Å²) in [6.45, 7) is 5.20. The van der Waals surface area contributed by atoms with Crippen LogP contribution in [0.5, 0.6) is 0 Å². The van der Waals surface area contributed by atoms with Gasteiger partial charge in [-0.2, -0.15) is 0 Å². The van der Waals surface area contributed by atoms with Crippen LogP contribution in [-0.4, -0.2) is 23.4 Å². The van der Waals surface area contributed by atoms with Gasteiger partial charge in [0, 0.05) is 12.6 Å². The summed E-state index contributed by atoms with van der Waals surface area (Å²) in [4.78, 5) is 14.4. The molecule has 0 bridgehead atoms. The van der Waals surface area contributed by atoms with Crippen molar-refractivity contribution in [2.45, 2.75) is 52.0 Å². The van der Waals surface area contributed by atoms with E-state index < -0.39 is 0 Å². The van der Waals surface area contributed by atoms with Gasteiger partial charge >= 0.3 is 0 Å². The van der Waals surface area contributed by atoms with Crippen LogP contribution in [0.4, 0.5) is 0 Å². The Morgan fingerprint density at radius 3 is 2.67 bits per heavy atom. The molecule has 2 heteroatoms. The summed E-state index contributed by atoms with van der Waals surface area (Å²) in [5, 5.41) is 0. The summed E-state index contributed by atoms with van der Waals surface area (Å²) >= 11 is 0. The van der Waals surface area contributed by atoms with Crippen molar-refractivity contribution in [3.63, 3.8) is 0 Å². The average molecular weight is 245 g/mol. The molecule has 98 valence electrons. The van der Waals surface area contributed by atoms with Gasteiger partial charge in [-0.05, 0) is 38.2 Å². The molecule has 0 spiro atoms. The molecule has 0 aromatic heterocycles. The van der Waals surface area contributed by atoms with Gasteiger partial charge in [-0.25, -0.2) is 0 Å². The maximum Gasteiger partial charge on any atom is 0.227 e. The quantitative estimate of drug-likeness (QED) is 0.800. The van der Waals surface area contributed by atoms with Crippen LogP contribution in [0.3, 0.4) is 0 Å². The normalized spacial score (nSPS) is 19.9. The summed E-state index contributed by atoms with van der Waals surface area (Å²) in [6.07, 6.45) is 5.25. The van der Waals surface area contributed by atoms with E-state index in [0.29, 0.717) is 18.4 Å². The fraction of sp³-hybridized carbons (Fsp3) is 0.562. The molecule has 1 amide bonds. The number of carbonyl (C=O) groups is 1. The molecule has 1 saturated heterocycles. The van der Waals surface area contributed by atoms with Crippen molar-refractivity contribution in [1.82, 2.24) is 4.90 Å². The number of carbonyl (C=O) groups excluding carboxylic acids is 1. The Labute approximate surface area is 110 Å². The second-order valence-electron chi connectivity index (χ2n) is 5.31. The first kappa shape index (κ1) is 13.1. The highest BCUT2D eigenvalue weighted by atomic mass is 16.2. The first-order valence-corrected chi connectivity index (χ1v) is 7.05. The van der Waals surface area contributed by atoms with Gasteiger partial charge in [0.2, 0.25) is 5.91 Å². The number of aryl methyl sites for hydroxylation is 1. The molecule has 0 saturated carbocycles. The molecule has 2 nitrogen and oxygen atoms in total. The van der Waals surface area contributed by atoms with E-state index in [2.05, 4.69) is 43.0 Å². The van der Waals surface area contributed by atoms with Crippen molar-refractivity contribution in [2.24, 2.45) is 0 Å². The van der Waals surface area contributed by atoms with Gasteiger partial charge in [0.15, 0.2) is 0 Å². The van der Waals surface area contributed by atoms with E-state index in [1.165, 1.54) is 18.4 Å². The van der Waals surface area contributed by atoms with E-state index in [1.54, 1.807) is 0 Å². The molecule has 18 heavy (non-hydrogen) atoms. The fourth-order valence-electron chi connectivity index (χ4n) is 2.74. The summed E-state index contributed by atoms with van der Waals surface area (Å²) in [6, 6.07) is 8.76. The Morgan fingerprint density at radius 1 is 1.28 bits per heavy atom. The van der Waals surface area contributed by atoms with Crippen molar-refractivity contribution in [2.75, 3.05) is 6.54 Å². The monoisotopic (exact) mass is 245 g/mol. The highest BCUT2D eigenvalue weighted by Gasteiger charge is 2.24. The molecular weight excluding hydrogens is 222 g/mol. The lowest BCUT2D eigenvalue weighted by atomic mass is 9.99. The number of amides is 1. The number of benzene rings is 1. The second kappa shape index (κ2) is 6.03. The van der Waals surface area contributed by atoms with Crippen LogP contribution >= 0.6 is 0 Å². The predicted molar refractivity (Wildman–Crippen MR) is 74.5 cm³/mol. The Kier molecular flexibility index (Phi) is 4.40. The first-order valence-electron chi connectivity index (χ1n) is 7.05. The van der Waals surface area contributed by atoms with Crippen LogP contribution < -0.4 is 0 Å². The Hall–Kier alpha value is -1.31. The Balaban J connectivity index is 2.00. The van der Waals surface area contributed by atoms with Gasteiger partial charge in [-0.1, -0.05) is 36.8 Å². The molecule has 0 unspecified atom stereocenters. The molecular formula is C16H23NO. The standard InChI is InChI=1S/C16H23NO/c1-3-15-6-4-5-11-17(15)16(18)12-14-9-7-13(2)8-10-14/h7-10,15H,3-6,11-12H2,1-2H3/t15-/m1/s1. The smallest absolute Gasteiger partial charge is 0.227 e. The SMILES string of the molecule is CC[C@@H]1CCCCN1C(=O)Cc1ccc(C)cc1. The van der Waals surface area contributed by atoms with Crippen LogP contribution in [0, 0.1) is 6.92 Å². The average Bonchev–Trinajstić information content (AvgIpc) is 2.41. The lowest BCUT2D eigenvalue weighted by Crippen LogP contribution is -2.44. The lowest BCUT2D eigenvalue weighted by molar-refractivity contribution is -0.134. The molecule has 1 fully saturated rings. The number of hydrogen-bond donors (Lipinski definition) is 0. The first-order chi connectivity index (χ1) is 8.70. The molecule has 0 radical (unpaired) electrons. The number of rotatable bonds is 3. The molecule has 0 N–H and O–H groups in total. The van der Waals surface area contributed by atoms with Gasteiger partial charge in [-0.3, -0.25) is 4.79 Å². The minimum atomic E-state index is 0.297. The van der Waals surface area contributed by atoms with Crippen LogP contribution in [0.25, 0.3) is 0 Å². The zero-order valence-corrected chi connectivity index (χ0v) is 11.5. The van der Waals surface area contributed by atoms with E-state index in [0.717, 1.165) is 24.9 Å². The Bertz CT molecular complexity index is 396. The molecule has 1 heterocycles. The van der Waals surface area contributed by atoms with Crippen molar-refractivity contribution in [1.29, 1.82) is 0 Å². The number of hydrogen-bond acceptors (Lipinski definition) is 1. The molecule has 1 atom stereocenters. The molecule has 0 aliphatic carbocycles. The zero-order valence-electron chi connectivity index (χ0n) is 11.5. The number of piperidine rings is 1. The zero-order chi connectivity index (χ0) is 13.0. The van der Waals surface area contributed by atoms with Crippen LogP contribution in [0.1, 0.15) is 43.7 Å². The summed E-state index contributed by atoms with van der Waals surface area (Å²) in [5.41, 5.74) is 2.38. The van der Waals surface area contributed by atoms with Gasteiger partial charge in [0.1, 0.15) is 0 Å². The third-order valence-corrected chi connectivity index (χ3v) is 3.89. The molecule has 1 aliphatic rings. The highest BCUT2D eigenvalue weighted by molar-refractivity contribution is 5.79. The summed E-state index contributed by atoms with van der Waals surface area (Å²) in [5.74, 6) is 0.297. The fourth-order valence-corrected chi connectivity index (χ4v) is 2.74. The number of nitrogens with zero attached hydrogens (tertiary/aromatic N) is 1. The van der Waals surface area contributed by atoms with Crippen molar-refractivity contribution >= 4 is 5.91 Å². The largest absolute Gasteiger partial charge is 0.339 e. The van der Waals surface area contributed by atoms with E-state index in [-0.39, 0.29) is 0 Å². The van der Waals surface area contributed by atoms with Crippen LogP contribution in [0.15, 0.2) is 24.3 Å². The predicted octanol–water partition coefficient (Wildman–Crippen LogP) is 3.33. The van der Waals surface area contributed by atoms with E-state index in [4.69, 9.17) is 0 Å². The third kappa shape index (κ3) is 3.12. The van der Waals surface area contributed by atoms with Crippen molar-refractivity contribution < 1.29 is 4.79 Å². The molecule has 2 rings (SSSR count). The van der Waals surface area contributed by atoms with Gasteiger partial charge in [-0.15, -0.1) is 0 Å². The van der Waals surface area contributed by atoms with Crippen molar-refractivity contribution in [3.8, 4) is 0 Å². The van der Waals surface area contributed by atoms with Crippen LogP contribution in [0.2, 0.25) is 0 Å². The Morgan fingerprint density at radius 2 is 2.00 bits per heavy atom. The molecule has 1 aromatic rings. The van der Waals surface area contributed by atoms with E-state index in [9.17, 15) is 4.79 Å². The van der Waals surface area contributed by atoms with E-state index in [1.807, 2.05) is 0 Å². The highest BCUT2D eigenvalue weighted by Crippen LogP contribution is 2.20. The third-order valence-electron chi connectivity index (χ3n) is 3.89. The van der Waals surface area contributed by atoms with Gasteiger partial charge in [0.05, 0.1) is 6.42 Å². The van der Waals surface area contributed by atoms with Crippen molar-refractivity contribution in [3.05, 3.63) is 35.4 Å². The molecule has 1 aromatic carbocycles. The maximum atomic E-state index is 12.3. The maximum absolute atomic E-state index is 12.3. The topological polar surface area (TPSA) is 20.3 Å². The second-order valence-corrected chi connectivity index (χ2v) is 5.31. The minimum absolute atomic E-state index is 0.297. The summed E-state index contributed by atoms with van der Waals surface area (Å²) in [7, 11) is 0. The van der Waals surface area contributed by atoms with Gasteiger partial charge < -0.3 is 4.90 Å². The molecule has 1 aliphatic heterocycles. The van der Waals surface area contributed by atoms with E-state index >= 15 is 0 Å². The number of likely N-dealkylation sites (tertiary alicyclic amines) is 1. The minimum Gasteiger partial charge on any atom is -0.339 e. The summed E-state index contributed by atoms with van der Waals surface area (Å²) < 4.78 is 0. The lowest BCUT2D eigenvalue weighted by Gasteiger charge is -2.35. The van der Waals surface area contributed by atoms with Crippen LogP contribution in [-0.2, 0) is 11.2 Å². The van der Waals surface area contributed by atoms with Gasteiger partial charge in [0.25, 0.3) is 0 Å².